The topological polar surface area (TPSA) is 58.6 Å². The van der Waals surface area contributed by atoms with Crippen LogP contribution in [0.15, 0.2) is 12.1 Å². The van der Waals surface area contributed by atoms with Crippen molar-refractivity contribution in [3.05, 3.63) is 28.8 Å². The third-order valence-electron chi connectivity index (χ3n) is 4.59. The molecule has 0 spiro atoms. The molecular formula is C16H21NO3. The van der Waals surface area contributed by atoms with Gasteiger partial charge in [-0.3, -0.25) is 4.79 Å². The van der Waals surface area contributed by atoms with Gasteiger partial charge in [0, 0.05) is 18.2 Å². The lowest BCUT2D eigenvalue weighted by molar-refractivity contribution is -0.141. The minimum absolute atomic E-state index is 0.110. The van der Waals surface area contributed by atoms with Crippen molar-refractivity contribution in [3.63, 3.8) is 0 Å². The first-order valence-electron chi connectivity index (χ1n) is 7.35. The number of carbonyl (C=O) groups is 1. The zero-order chi connectivity index (χ0) is 14.1. The maximum atomic E-state index is 11.2. The number of benzene rings is 1. The summed E-state index contributed by atoms with van der Waals surface area (Å²) in [6.07, 6.45) is 5.32. The maximum absolute atomic E-state index is 11.2. The van der Waals surface area contributed by atoms with Gasteiger partial charge in [-0.15, -0.1) is 0 Å². The highest BCUT2D eigenvalue weighted by molar-refractivity contribution is 5.71. The molecule has 4 heteroatoms. The van der Waals surface area contributed by atoms with E-state index in [0.717, 1.165) is 18.6 Å². The van der Waals surface area contributed by atoms with Crippen LogP contribution in [0.1, 0.15) is 42.0 Å². The molecule has 0 aromatic heterocycles. The van der Waals surface area contributed by atoms with Gasteiger partial charge >= 0.3 is 5.97 Å². The van der Waals surface area contributed by atoms with Crippen LogP contribution in [0.4, 0.5) is 0 Å². The van der Waals surface area contributed by atoms with Crippen LogP contribution in [-0.2, 0) is 17.6 Å². The predicted octanol–water partition coefficient (Wildman–Crippen LogP) is 2.31. The van der Waals surface area contributed by atoms with Crippen LogP contribution in [-0.4, -0.2) is 24.7 Å². The van der Waals surface area contributed by atoms with Crippen LogP contribution in [0.2, 0.25) is 0 Å². The first kappa shape index (κ1) is 13.4. The Morgan fingerprint density at radius 2 is 2.15 bits per heavy atom. The maximum Gasteiger partial charge on any atom is 0.307 e. The number of fused-ring (bicyclic) bond motifs is 1. The van der Waals surface area contributed by atoms with Gasteiger partial charge in [0.05, 0.1) is 13.0 Å². The molecule has 0 radical (unpaired) electrons. The minimum atomic E-state index is -0.705. The average molecular weight is 275 g/mol. The van der Waals surface area contributed by atoms with E-state index in [1.807, 2.05) is 6.07 Å². The summed E-state index contributed by atoms with van der Waals surface area (Å²) in [4.78, 5) is 11.2. The van der Waals surface area contributed by atoms with Crippen molar-refractivity contribution in [3.8, 4) is 5.75 Å². The number of carboxylic acids is 1. The number of aliphatic carboxylic acids is 1. The zero-order valence-electron chi connectivity index (χ0n) is 11.8. The van der Waals surface area contributed by atoms with E-state index in [1.165, 1.54) is 29.5 Å². The van der Waals surface area contributed by atoms with Crippen LogP contribution in [0.5, 0.6) is 5.75 Å². The highest BCUT2D eigenvalue weighted by atomic mass is 16.5. The zero-order valence-corrected chi connectivity index (χ0v) is 11.8. The molecule has 2 unspecified atom stereocenters. The number of rotatable bonds is 3. The molecule has 0 bridgehead atoms. The van der Waals surface area contributed by atoms with Crippen molar-refractivity contribution in [1.82, 2.24) is 5.32 Å². The van der Waals surface area contributed by atoms with E-state index in [-0.39, 0.29) is 12.0 Å². The van der Waals surface area contributed by atoms with Crippen LogP contribution >= 0.6 is 0 Å². The molecule has 4 nitrogen and oxygen atoms in total. The second-order valence-corrected chi connectivity index (χ2v) is 5.76. The Morgan fingerprint density at radius 1 is 1.35 bits per heavy atom. The fourth-order valence-corrected chi connectivity index (χ4v) is 3.54. The van der Waals surface area contributed by atoms with Crippen molar-refractivity contribution in [2.24, 2.45) is 5.92 Å². The average Bonchev–Trinajstić information content (AvgIpc) is 2.95. The van der Waals surface area contributed by atoms with Gasteiger partial charge in [-0.25, -0.2) is 0 Å². The Balaban J connectivity index is 1.97. The van der Waals surface area contributed by atoms with Gasteiger partial charge in [-0.2, -0.15) is 0 Å². The van der Waals surface area contributed by atoms with E-state index < -0.39 is 5.97 Å². The summed E-state index contributed by atoms with van der Waals surface area (Å²) in [5.41, 5.74) is 4.00. The Kier molecular flexibility index (Phi) is 3.66. The van der Waals surface area contributed by atoms with Crippen LogP contribution in [0.25, 0.3) is 0 Å². The fourth-order valence-electron chi connectivity index (χ4n) is 3.54. The van der Waals surface area contributed by atoms with Gasteiger partial charge < -0.3 is 15.2 Å². The number of hydrogen-bond donors (Lipinski definition) is 2. The number of nitrogens with one attached hydrogen (secondary N) is 1. The Bertz CT molecular complexity index is 527. The standard InChI is InChI=1S/C16H21NO3/c1-20-14-7-6-10-4-2-3-5-12(10)15(14)13-8-11(9-17-13)16(18)19/h6-7,11,13,17H,2-5,8-9H2,1H3,(H,18,19). The van der Waals surface area contributed by atoms with E-state index in [0.29, 0.717) is 13.0 Å². The summed E-state index contributed by atoms with van der Waals surface area (Å²) in [5, 5.41) is 12.5. The second kappa shape index (κ2) is 5.44. The van der Waals surface area contributed by atoms with Crippen LogP contribution in [0.3, 0.4) is 0 Å². The first-order chi connectivity index (χ1) is 9.70. The summed E-state index contributed by atoms with van der Waals surface area (Å²) in [6.45, 7) is 0.548. The first-order valence-corrected chi connectivity index (χ1v) is 7.35. The summed E-state index contributed by atoms with van der Waals surface area (Å²) in [7, 11) is 1.69. The molecule has 3 rings (SSSR count). The lowest BCUT2D eigenvalue weighted by Gasteiger charge is -2.25. The molecular weight excluding hydrogens is 254 g/mol. The molecule has 0 saturated carbocycles. The van der Waals surface area contributed by atoms with Gasteiger partial charge in [0.1, 0.15) is 5.75 Å². The Hall–Kier alpha value is -1.55. The lowest BCUT2D eigenvalue weighted by Crippen LogP contribution is -2.19. The van der Waals surface area contributed by atoms with Crippen molar-refractivity contribution in [2.75, 3.05) is 13.7 Å². The molecule has 1 aliphatic carbocycles. The van der Waals surface area contributed by atoms with Gasteiger partial charge in [-0.1, -0.05) is 6.07 Å². The summed E-state index contributed by atoms with van der Waals surface area (Å²) in [5.74, 6) is -0.0953. The van der Waals surface area contributed by atoms with Crippen molar-refractivity contribution < 1.29 is 14.6 Å². The van der Waals surface area contributed by atoms with E-state index >= 15 is 0 Å². The monoisotopic (exact) mass is 275 g/mol. The van der Waals surface area contributed by atoms with Gasteiger partial charge in [0.15, 0.2) is 0 Å². The summed E-state index contributed by atoms with van der Waals surface area (Å²) >= 11 is 0. The normalized spacial score (nSPS) is 25.2. The van der Waals surface area contributed by atoms with Gasteiger partial charge in [0.25, 0.3) is 0 Å². The number of aryl methyl sites for hydroxylation is 1. The van der Waals surface area contributed by atoms with Gasteiger partial charge in [0.2, 0.25) is 0 Å². The molecule has 1 aromatic carbocycles. The molecule has 1 saturated heterocycles. The van der Waals surface area contributed by atoms with Crippen molar-refractivity contribution >= 4 is 5.97 Å². The quantitative estimate of drug-likeness (QED) is 0.888. The molecule has 0 amide bonds. The number of methoxy groups -OCH3 is 1. The SMILES string of the molecule is COc1ccc2c(c1C1CC(C(=O)O)CN1)CCCC2. The number of hydrogen-bond acceptors (Lipinski definition) is 3. The fraction of sp³-hybridized carbons (Fsp3) is 0.562. The largest absolute Gasteiger partial charge is 0.496 e. The van der Waals surface area contributed by atoms with E-state index in [1.54, 1.807) is 7.11 Å². The molecule has 2 atom stereocenters. The minimum Gasteiger partial charge on any atom is -0.496 e. The third kappa shape index (κ3) is 2.29. The third-order valence-corrected chi connectivity index (χ3v) is 4.59. The van der Waals surface area contributed by atoms with Crippen molar-refractivity contribution in [2.45, 2.75) is 38.1 Å². The lowest BCUT2D eigenvalue weighted by atomic mass is 9.84. The summed E-state index contributed by atoms with van der Waals surface area (Å²) < 4.78 is 5.53. The molecule has 1 aromatic rings. The van der Waals surface area contributed by atoms with Gasteiger partial charge in [-0.05, 0) is 49.3 Å². The Morgan fingerprint density at radius 3 is 2.85 bits per heavy atom. The Labute approximate surface area is 119 Å². The van der Waals surface area contributed by atoms with E-state index in [9.17, 15) is 9.90 Å². The molecule has 20 heavy (non-hydrogen) atoms. The highest BCUT2D eigenvalue weighted by Gasteiger charge is 2.33. The number of ether oxygens (including phenoxy) is 1. The summed E-state index contributed by atoms with van der Waals surface area (Å²) in [6, 6.07) is 4.31. The smallest absolute Gasteiger partial charge is 0.307 e. The van der Waals surface area contributed by atoms with Crippen LogP contribution in [0, 0.1) is 5.92 Å². The highest BCUT2D eigenvalue weighted by Crippen LogP contribution is 2.39. The number of carboxylic acid groups (broad SMARTS) is 1. The van der Waals surface area contributed by atoms with E-state index in [2.05, 4.69) is 11.4 Å². The van der Waals surface area contributed by atoms with E-state index in [4.69, 9.17) is 4.74 Å². The molecule has 1 heterocycles. The van der Waals surface area contributed by atoms with Crippen LogP contribution < -0.4 is 10.1 Å². The molecule has 1 fully saturated rings. The molecule has 2 aliphatic rings. The van der Waals surface area contributed by atoms with Crippen molar-refractivity contribution in [1.29, 1.82) is 0 Å². The molecule has 1 aliphatic heterocycles. The molecule has 108 valence electrons. The predicted molar refractivity (Wildman–Crippen MR) is 76.1 cm³/mol. The molecule has 2 N–H and O–H groups in total. The second-order valence-electron chi connectivity index (χ2n) is 5.76.